The second-order valence-corrected chi connectivity index (χ2v) is 8.72. The quantitative estimate of drug-likeness (QED) is 0.326. The van der Waals surface area contributed by atoms with Gasteiger partial charge in [-0.3, -0.25) is 9.59 Å². The summed E-state index contributed by atoms with van der Waals surface area (Å²) in [5.74, 6) is -1.79. The fourth-order valence-electron chi connectivity index (χ4n) is 2.78. The number of rotatable bonds is 7. The van der Waals surface area contributed by atoms with Gasteiger partial charge >= 0.3 is 11.8 Å². The molecule has 0 aliphatic carbocycles. The lowest BCUT2D eigenvalue weighted by Crippen LogP contribution is -2.29. The molecule has 4 N–H and O–H groups in total. The molecule has 0 heterocycles. The van der Waals surface area contributed by atoms with Crippen molar-refractivity contribution in [1.29, 1.82) is 5.41 Å². The molecule has 0 saturated heterocycles. The molecule has 0 bridgehead atoms. The van der Waals surface area contributed by atoms with Crippen LogP contribution < -0.4 is 15.4 Å². The summed E-state index contributed by atoms with van der Waals surface area (Å²) in [5.41, 5.74) is 2.45. The van der Waals surface area contributed by atoms with Crippen molar-refractivity contribution in [3.05, 3.63) is 90.0 Å². The second-order valence-electron chi connectivity index (χ2n) is 6.95. The summed E-state index contributed by atoms with van der Waals surface area (Å²) in [6.07, 6.45) is 0. The highest BCUT2D eigenvalue weighted by Gasteiger charge is 2.16. The molecule has 9 heteroatoms. The van der Waals surface area contributed by atoms with Crippen molar-refractivity contribution in [2.24, 2.45) is 0 Å². The molecule has 0 fully saturated rings. The highest BCUT2D eigenvalue weighted by molar-refractivity contribution is 7.89. The maximum Gasteiger partial charge on any atom is 0.314 e. The summed E-state index contributed by atoms with van der Waals surface area (Å²) in [6, 6.07) is 21.2. The van der Waals surface area contributed by atoms with Gasteiger partial charge in [0.1, 0.15) is 0 Å². The van der Waals surface area contributed by atoms with E-state index in [0.717, 1.165) is 5.56 Å². The minimum atomic E-state index is -3.73. The number of benzene rings is 3. The van der Waals surface area contributed by atoms with E-state index in [1.165, 1.54) is 24.3 Å². The third kappa shape index (κ3) is 6.10. The van der Waals surface area contributed by atoms with Gasteiger partial charge in [0, 0.05) is 23.6 Å². The SMILES string of the molecule is CC(=N)c1cccc(NC(=O)C(=O)Nc2ccc(S(=O)(=O)NCc3ccccc3)cc2)c1. The monoisotopic (exact) mass is 450 g/mol. The Hall–Kier alpha value is -3.82. The zero-order valence-electron chi connectivity index (χ0n) is 17.3. The average molecular weight is 451 g/mol. The summed E-state index contributed by atoms with van der Waals surface area (Å²) < 4.78 is 27.4. The second kappa shape index (κ2) is 9.99. The molecule has 164 valence electrons. The lowest BCUT2D eigenvalue weighted by molar-refractivity contribution is -0.132. The lowest BCUT2D eigenvalue weighted by atomic mass is 10.1. The van der Waals surface area contributed by atoms with E-state index in [2.05, 4.69) is 15.4 Å². The lowest BCUT2D eigenvalue weighted by Gasteiger charge is -2.09. The van der Waals surface area contributed by atoms with Crippen LogP contribution in [0.5, 0.6) is 0 Å². The van der Waals surface area contributed by atoms with Crippen molar-refractivity contribution < 1.29 is 18.0 Å². The van der Waals surface area contributed by atoms with Crippen LogP contribution in [-0.2, 0) is 26.2 Å². The van der Waals surface area contributed by atoms with E-state index in [1.807, 2.05) is 30.3 Å². The first-order valence-electron chi connectivity index (χ1n) is 9.66. The predicted molar refractivity (Wildman–Crippen MR) is 123 cm³/mol. The number of carbonyl (C=O) groups excluding carboxylic acids is 2. The first-order valence-corrected chi connectivity index (χ1v) is 11.1. The molecule has 3 aromatic rings. The topological polar surface area (TPSA) is 128 Å². The molecule has 0 aliphatic rings. The van der Waals surface area contributed by atoms with Crippen LogP contribution in [0.1, 0.15) is 18.1 Å². The summed E-state index contributed by atoms with van der Waals surface area (Å²) in [4.78, 5) is 24.4. The first-order chi connectivity index (χ1) is 15.2. The van der Waals surface area contributed by atoms with Crippen LogP contribution >= 0.6 is 0 Å². The van der Waals surface area contributed by atoms with Crippen LogP contribution in [-0.4, -0.2) is 25.9 Å². The Morgan fingerprint density at radius 3 is 2.06 bits per heavy atom. The van der Waals surface area contributed by atoms with E-state index in [1.54, 1.807) is 31.2 Å². The van der Waals surface area contributed by atoms with Gasteiger partial charge in [0.25, 0.3) is 0 Å². The van der Waals surface area contributed by atoms with Gasteiger partial charge in [-0.25, -0.2) is 13.1 Å². The molecular formula is C23H22N4O4S. The molecule has 0 atom stereocenters. The predicted octanol–water partition coefficient (Wildman–Crippen LogP) is 3.13. The Balaban J connectivity index is 1.59. The average Bonchev–Trinajstić information content (AvgIpc) is 2.79. The van der Waals surface area contributed by atoms with Gasteiger partial charge in [-0.2, -0.15) is 0 Å². The first kappa shape index (κ1) is 22.9. The molecule has 0 spiro atoms. The van der Waals surface area contributed by atoms with Gasteiger partial charge in [-0.05, 0) is 54.4 Å². The van der Waals surface area contributed by atoms with E-state index >= 15 is 0 Å². The maximum absolute atomic E-state index is 12.4. The van der Waals surface area contributed by atoms with E-state index < -0.39 is 21.8 Å². The molecule has 0 aliphatic heterocycles. The number of carbonyl (C=O) groups is 2. The summed E-state index contributed by atoms with van der Waals surface area (Å²) >= 11 is 0. The molecule has 32 heavy (non-hydrogen) atoms. The molecule has 0 saturated carbocycles. The van der Waals surface area contributed by atoms with Crippen molar-refractivity contribution >= 4 is 38.9 Å². The van der Waals surface area contributed by atoms with Gasteiger partial charge in [-0.1, -0.05) is 42.5 Å². The fraction of sp³-hybridized carbons (Fsp3) is 0.0870. The van der Waals surface area contributed by atoms with Gasteiger partial charge in [0.15, 0.2) is 0 Å². The fourth-order valence-corrected chi connectivity index (χ4v) is 3.80. The molecule has 3 aromatic carbocycles. The molecule has 2 amide bonds. The Bertz CT molecular complexity index is 1240. The molecule has 8 nitrogen and oxygen atoms in total. The van der Waals surface area contributed by atoms with Gasteiger partial charge in [0.2, 0.25) is 10.0 Å². The highest BCUT2D eigenvalue weighted by Crippen LogP contribution is 2.15. The Morgan fingerprint density at radius 1 is 0.812 bits per heavy atom. The van der Waals surface area contributed by atoms with Crippen molar-refractivity contribution in [3.63, 3.8) is 0 Å². The largest absolute Gasteiger partial charge is 0.318 e. The van der Waals surface area contributed by atoms with E-state index in [9.17, 15) is 18.0 Å². The Morgan fingerprint density at radius 2 is 1.44 bits per heavy atom. The molecule has 0 unspecified atom stereocenters. The normalized spacial score (nSPS) is 10.9. The van der Waals surface area contributed by atoms with E-state index in [0.29, 0.717) is 17.0 Å². The van der Waals surface area contributed by atoms with Crippen LogP contribution in [0, 0.1) is 5.41 Å². The van der Waals surface area contributed by atoms with E-state index in [-0.39, 0.29) is 17.1 Å². The van der Waals surface area contributed by atoms with Crippen LogP contribution in [0.25, 0.3) is 0 Å². The number of anilines is 2. The summed E-state index contributed by atoms with van der Waals surface area (Å²) in [6.45, 7) is 1.77. The molecule has 0 aromatic heterocycles. The Labute approximate surface area is 186 Å². The van der Waals surface area contributed by atoms with Crippen LogP contribution in [0.4, 0.5) is 11.4 Å². The number of hydrogen-bond acceptors (Lipinski definition) is 5. The zero-order chi connectivity index (χ0) is 23.1. The standard InChI is InChI=1S/C23H22N4O4S/c1-16(24)18-8-5-9-20(14-18)27-23(29)22(28)26-19-10-12-21(13-11-19)32(30,31)25-15-17-6-3-2-4-7-17/h2-14,24-25H,15H2,1H3,(H,26,28)(H,27,29). The van der Waals surface area contributed by atoms with Crippen molar-refractivity contribution in [1.82, 2.24) is 4.72 Å². The van der Waals surface area contributed by atoms with Gasteiger partial charge < -0.3 is 16.0 Å². The smallest absolute Gasteiger partial charge is 0.314 e. The van der Waals surface area contributed by atoms with Crippen molar-refractivity contribution in [2.45, 2.75) is 18.4 Å². The molecular weight excluding hydrogens is 428 g/mol. The highest BCUT2D eigenvalue weighted by atomic mass is 32.2. The zero-order valence-corrected chi connectivity index (χ0v) is 18.1. The minimum Gasteiger partial charge on any atom is -0.318 e. The minimum absolute atomic E-state index is 0.0368. The van der Waals surface area contributed by atoms with Crippen molar-refractivity contribution in [3.8, 4) is 0 Å². The van der Waals surface area contributed by atoms with Crippen LogP contribution in [0.2, 0.25) is 0 Å². The molecule has 3 rings (SSSR count). The van der Waals surface area contributed by atoms with Crippen molar-refractivity contribution in [2.75, 3.05) is 10.6 Å². The van der Waals surface area contributed by atoms with Crippen LogP contribution in [0.15, 0.2) is 83.8 Å². The Kier molecular flexibility index (Phi) is 7.14. The van der Waals surface area contributed by atoms with Gasteiger partial charge in [0.05, 0.1) is 4.90 Å². The third-order valence-electron chi connectivity index (χ3n) is 4.49. The summed E-state index contributed by atoms with van der Waals surface area (Å²) in [5, 5.41) is 12.5. The number of amides is 2. The third-order valence-corrected chi connectivity index (χ3v) is 5.91. The number of hydrogen-bond donors (Lipinski definition) is 4. The number of nitrogens with one attached hydrogen (secondary N) is 4. The molecule has 0 radical (unpaired) electrons. The summed E-state index contributed by atoms with van der Waals surface area (Å²) in [7, 11) is -3.73. The van der Waals surface area contributed by atoms with Gasteiger partial charge in [-0.15, -0.1) is 0 Å². The number of sulfonamides is 1. The maximum atomic E-state index is 12.4. The van der Waals surface area contributed by atoms with Crippen LogP contribution in [0.3, 0.4) is 0 Å². The van der Waals surface area contributed by atoms with E-state index in [4.69, 9.17) is 5.41 Å².